The van der Waals surface area contributed by atoms with E-state index in [-0.39, 0.29) is 5.91 Å². The molecule has 0 unspecified atom stereocenters. The maximum absolute atomic E-state index is 12.7. The SMILES string of the molecule is C[C@H](N)C(=O)N[C@H](C(=O)NCc1ccccc1)[C@@H](C)OCc1ccccc1. The van der Waals surface area contributed by atoms with Crippen molar-refractivity contribution in [1.82, 2.24) is 10.6 Å². The summed E-state index contributed by atoms with van der Waals surface area (Å²) < 4.78 is 5.83. The summed E-state index contributed by atoms with van der Waals surface area (Å²) in [7, 11) is 0. The summed E-state index contributed by atoms with van der Waals surface area (Å²) in [5, 5.41) is 5.54. The summed E-state index contributed by atoms with van der Waals surface area (Å²) in [6.07, 6.45) is -0.524. The van der Waals surface area contributed by atoms with Gasteiger partial charge in [-0.1, -0.05) is 60.7 Å². The topological polar surface area (TPSA) is 93.5 Å². The third-order valence-electron chi connectivity index (χ3n) is 4.13. The van der Waals surface area contributed by atoms with Crippen LogP contribution in [-0.4, -0.2) is 30.0 Å². The summed E-state index contributed by atoms with van der Waals surface area (Å²) >= 11 is 0. The first kappa shape index (κ1) is 20.6. The molecule has 27 heavy (non-hydrogen) atoms. The lowest BCUT2D eigenvalue weighted by molar-refractivity contribution is -0.133. The van der Waals surface area contributed by atoms with Crippen LogP contribution in [0.5, 0.6) is 0 Å². The van der Waals surface area contributed by atoms with Crippen LogP contribution in [0.1, 0.15) is 25.0 Å². The van der Waals surface area contributed by atoms with Crippen LogP contribution in [-0.2, 0) is 27.5 Å². The Balaban J connectivity index is 2.00. The molecule has 0 aliphatic heterocycles. The molecule has 0 heterocycles. The van der Waals surface area contributed by atoms with Crippen molar-refractivity contribution in [3.63, 3.8) is 0 Å². The molecule has 2 rings (SSSR count). The molecule has 0 saturated carbocycles. The molecule has 0 aliphatic carbocycles. The highest BCUT2D eigenvalue weighted by Crippen LogP contribution is 2.07. The van der Waals surface area contributed by atoms with Crippen molar-refractivity contribution in [3.05, 3.63) is 71.8 Å². The normalized spacial score (nSPS) is 14.0. The van der Waals surface area contributed by atoms with Gasteiger partial charge >= 0.3 is 0 Å². The summed E-state index contributed by atoms with van der Waals surface area (Å²) in [6, 6.07) is 17.7. The van der Waals surface area contributed by atoms with Crippen molar-refractivity contribution >= 4 is 11.8 Å². The quantitative estimate of drug-likeness (QED) is 0.628. The van der Waals surface area contributed by atoms with E-state index >= 15 is 0 Å². The van der Waals surface area contributed by atoms with Gasteiger partial charge in [-0.2, -0.15) is 0 Å². The number of nitrogens with two attached hydrogens (primary N) is 1. The highest BCUT2D eigenvalue weighted by Gasteiger charge is 2.28. The highest BCUT2D eigenvalue weighted by molar-refractivity contribution is 5.89. The van der Waals surface area contributed by atoms with E-state index in [2.05, 4.69) is 10.6 Å². The number of hydrogen-bond acceptors (Lipinski definition) is 4. The summed E-state index contributed by atoms with van der Waals surface area (Å²) in [4.78, 5) is 24.7. The Labute approximate surface area is 160 Å². The zero-order valence-corrected chi connectivity index (χ0v) is 15.7. The summed E-state index contributed by atoms with van der Waals surface area (Å²) in [5.41, 5.74) is 7.60. The maximum Gasteiger partial charge on any atom is 0.245 e. The fraction of sp³-hybridized carbons (Fsp3) is 0.333. The predicted molar refractivity (Wildman–Crippen MR) is 105 cm³/mol. The fourth-order valence-corrected chi connectivity index (χ4v) is 2.47. The third kappa shape index (κ3) is 6.84. The zero-order chi connectivity index (χ0) is 19.6. The number of rotatable bonds is 9. The van der Waals surface area contributed by atoms with E-state index in [4.69, 9.17) is 10.5 Å². The lowest BCUT2D eigenvalue weighted by Crippen LogP contribution is -2.55. The van der Waals surface area contributed by atoms with E-state index in [0.29, 0.717) is 13.2 Å². The van der Waals surface area contributed by atoms with Crippen LogP contribution in [0.3, 0.4) is 0 Å². The molecule has 2 aromatic rings. The van der Waals surface area contributed by atoms with Crippen molar-refractivity contribution in [3.8, 4) is 0 Å². The van der Waals surface area contributed by atoms with Gasteiger partial charge in [0.2, 0.25) is 11.8 Å². The van der Waals surface area contributed by atoms with Gasteiger partial charge in [0.25, 0.3) is 0 Å². The number of hydrogen-bond donors (Lipinski definition) is 3. The minimum Gasteiger partial charge on any atom is -0.371 e. The maximum atomic E-state index is 12.7. The van der Waals surface area contributed by atoms with Crippen LogP contribution >= 0.6 is 0 Å². The Morgan fingerprint density at radius 2 is 1.48 bits per heavy atom. The van der Waals surface area contributed by atoms with Gasteiger partial charge in [0, 0.05) is 6.54 Å². The molecule has 6 nitrogen and oxygen atoms in total. The van der Waals surface area contributed by atoms with Crippen LogP contribution in [0.25, 0.3) is 0 Å². The minimum atomic E-state index is -0.837. The molecule has 3 atom stereocenters. The summed E-state index contributed by atoms with van der Waals surface area (Å²) in [6.45, 7) is 4.05. The second-order valence-corrected chi connectivity index (χ2v) is 6.48. The van der Waals surface area contributed by atoms with E-state index in [0.717, 1.165) is 11.1 Å². The Bertz CT molecular complexity index is 720. The van der Waals surface area contributed by atoms with Crippen molar-refractivity contribution in [2.75, 3.05) is 0 Å². The molecule has 0 aliphatic rings. The highest BCUT2D eigenvalue weighted by atomic mass is 16.5. The number of amides is 2. The van der Waals surface area contributed by atoms with E-state index in [9.17, 15) is 9.59 Å². The molecular weight excluding hydrogens is 342 g/mol. The van der Waals surface area contributed by atoms with E-state index in [1.54, 1.807) is 13.8 Å². The van der Waals surface area contributed by atoms with Gasteiger partial charge in [-0.15, -0.1) is 0 Å². The zero-order valence-electron chi connectivity index (χ0n) is 15.7. The van der Waals surface area contributed by atoms with Gasteiger partial charge in [-0.05, 0) is 25.0 Å². The Hall–Kier alpha value is -2.70. The van der Waals surface area contributed by atoms with Crippen molar-refractivity contribution in [2.24, 2.45) is 5.73 Å². The lowest BCUT2D eigenvalue weighted by atomic mass is 10.1. The van der Waals surface area contributed by atoms with Crippen LogP contribution in [0.2, 0.25) is 0 Å². The number of benzene rings is 2. The first-order valence-electron chi connectivity index (χ1n) is 9.00. The lowest BCUT2D eigenvalue weighted by Gasteiger charge is -2.25. The smallest absolute Gasteiger partial charge is 0.245 e. The van der Waals surface area contributed by atoms with Crippen molar-refractivity contribution < 1.29 is 14.3 Å². The van der Waals surface area contributed by atoms with Crippen molar-refractivity contribution in [2.45, 2.75) is 45.2 Å². The minimum absolute atomic E-state index is 0.312. The molecule has 4 N–H and O–H groups in total. The average molecular weight is 369 g/mol. The Morgan fingerprint density at radius 3 is 2.04 bits per heavy atom. The number of nitrogens with one attached hydrogen (secondary N) is 2. The van der Waals surface area contributed by atoms with Crippen LogP contribution in [0.4, 0.5) is 0 Å². The van der Waals surface area contributed by atoms with E-state index in [1.165, 1.54) is 0 Å². The standard InChI is InChI=1S/C21H27N3O3/c1-15(22)20(25)24-19(16(2)27-14-18-11-7-4-8-12-18)21(26)23-13-17-9-5-3-6-10-17/h3-12,15-16,19H,13-14,22H2,1-2H3,(H,23,26)(H,24,25)/t15-,16+,19-/m0/s1. The Morgan fingerprint density at radius 1 is 0.926 bits per heavy atom. The number of ether oxygens (including phenoxy) is 1. The monoisotopic (exact) mass is 369 g/mol. The van der Waals surface area contributed by atoms with Gasteiger partial charge in [0.1, 0.15) is 6.04 Å². The molecule has 6 heteroatoms. The second kappa shape index (κ2) is 10.4. The molecule has 0 fully saturated rings. The molecule has 2 amide bonds. The largest absolute Gasteiger partial charge is 0.371 e. The predicted octanol–water partition coefficient (Wildman–Crippen LogP) is 1.74. The van der Waals surface area contributed by atoms with Gasteiger partial charge < -0.3 is 21.1 Å². The van der Waals surface area contributed by atoms with Gasteiger partial charge in [0.05, 0.1) is 18.8 Å². The average Bonchev–Trinajstić information content (AvgIpc) is 2.69. The molecule has 0 bridgehead atoms. The molecular formula is C21H27N3O3. The first-order valence-corrected chi connectivity index (χ1v) is 9.00. The third-order valence-corrected chi connectivity index (χ3v) is 4.13. The molecule has 0 spiro atoms. The van der Waals surface area contributed by atoms with Gasteiger partial charge in [0.15, 0.2) is 0 Å². The Kier molecular flexibility index (Phi) is 7.98. The first-order chi connectivity index (χ1) is 13.0. The van der Waals surface area contributed by atoms with E-state index < -0.39 is 24.1 Å². The van der Waals surface area contributed by atoms with Crippen molar-refractivity contribution in [1.29, 1.82) is 0 Å². The molecule has 0 radical (unpaired) electrons. The second-order valence-electron chi connectivity index (χ2n) is 6.48. The van der Waals surface area contributed by atoms with Gasteiger partial charge in [-0.3, -0.25) is 9.59 Å². The molecule has 2 aromatic carbocycles. The number of carbonyl (C=O) groups excluding carboxylic acids is 2. The molecule has 0 saturated heterocycles. The van der Waals surface area contributed by atoms with Crippen LogP contribution in [0.15, 0.2) is 60.7 Å². The number of carbonyl (C=O) groups is 2. The van der Waals surface area contributed by atoms with E-state index in [1.807, 2.05) is 60.7 Å². The fourth-order valence-electron chi connectivity index (χ4n) is 2.47. The van der Waals surface area contributed by atoms with Gasteiger partial charge in [-0.25, -0.2) is 0 Å². The molecule has 0 aromatic heterocycles. The van der Waals surface area contributed by atoms with Crippen LogP contribution in [0, 0.1) is 0 Å². The molecule has 144 valence electrons. The van der Waals surface area contributed by atoms with Crippen LogP contribution < -0.4 is 16.4 Å². The summed E-state index contributed by atoms with van der Waals surface area (Å²) in [5.74, 6) is -0.710.